The first-order valence-electron chi connectivity index (χ1n) is 6.35. The molecule has 0 saturated heterocycles. The van der Waals surface area contributed by atoms with Gasteiger partial charge in [-0.2, -0.15) is 0 Å². The SMILES string of the molecule is C[C@@H](C(=O)Nc1ccc(Cl)cc1)N(C)Cc1cccs1. The van der Waals surface area contributed by atoms with Crippen molar-refractivity contribution < 1.29 is 4.79 Å². The van der Waals surface area contributed by atoms with Crippen molar-refractivity contribution >= 4 is 34.5 Å². The summed E-state index contributed by atoms with van der Waals surface area (Å²) in [5.41, 5.74) is 0.760. The largest absolute Gasteiger partial charge is 0.325 e. The Morgan fingerprint density at radius 3 is 2.65 bits per heavy atom. The molecule has 106 valence electrons. The second kappa shape index (κ2) is 6.88. The van der Waals surface area contributed by atoms with Crippen LogP contribution >= 0.6 is 22.9 Å². The van der Waals surface area contributed by atoms with Gasteiger partial charge in [0, 0.05) is 22.1 Å². The average Bonchev–Trinajstić information content (AvgIpc) is 2.93. The summed E-state index contributed by atoms with van der Waals surface area (Å²) in [5, 5.41) is 5.60. The van der Waals surface area contributed by atoms with Crippen LogP contribution in [0.2, 0.25) is 5.02 Å². The van der Waals surface area contributed by atoms with E-state index in [1.54, 1.807) is 35.6 Å². The van der Waals surface area contributed by atoms with Crippen LogP contribution in [0.1, 0.15) is 11.8 Å². The van der Waals surface area contributed by atoms with Crippen molar-refractivity contribution in [1.82, 2.24) is 4.90 Å². The topological polar surface area (TPSA) is 32.3 Å². The Balaban J connectivity index is 1.92. The summed E-state index contributed by atoms with van der Waals surface area (Å²) in [6, 6.07) is 11.0. The Labute approximate surface area is 128 Å². The number of likely N-dealkylation sites (N-methyl/N-ethyl adjacent to an activating group) is 1. The summed E-state index contributed by atoms with van der Waals surface area (Å²) in [5.74, 6) is -0.0219. The summed E-state index contributed by atoms with van der Waals surface area (Å²) in [7, 11) is 1.95. The molecule has 20 heavy (non-hydrogen) atoms. The van der Waals surface area contributed by atoms with Gasteiger partial charge in [0.05, 0.1) is 6.04 Å². The molecule has 0 unspecified atom stereocenters. The van der Waals surface area contributed by atoms with Gasteiger partial charge in [-0.3, -0.25) is 9.69 Å². The molecule has 1 aromatic heterocycles. The van der Waals surface area contributed by atoms with E-state index in [1.165, 1.54) is 4.88 Å². The maximum absolute atomic E-state index is 12.2. The molecule has 1 N–H and O–H groups in total. The molecular weight excluding hydrogens is 292 g/mol. The van der Waals surface area contributed by atoms with E-state index in [2.05, 4.69) is 11.4 Å². The quantitative estimate of drug-likeness (QED) is 0.909. The van der Waals surface area contributed by atoms with E-state index in [0.29, 0.717) is 5.02 Å². The van der Waals surface area contributed by atoms with Crippen molar-refractivity contribution in [3.8, 4) is 0 Å². The molecular formula is C15H17ClN2OS. The molecule has 0 fully saturated rings. The number of rotatable bonds is 5. The summed E-state index contributed by atoms with van der Waals surface area (Å²) in [6.45, 7) is 2.67. The fraction of sp³-hybridized carbons (Fsp3) is 0.267. The fourth-order valence-corrected chi connectivity index (χ4v) is 2.66. The first-order valence-corrected chi connectivity index (χ1v) is 7.61. The predicted molar refractivity (Wildman–Crippen MR) is 85.3 cm³/mol. The maximum Gasteiger partial charge on any atom is 0.241 e. The Morgan fingerprint density at radius 1 is 1.35 bits per heavy atom. The fourth-order valence-electron chi connectivity index (χ4n) is 1.77. The van der Waals surface area contributed by atoms with Gasteiger partial charge in [-0.25, -0.2) is 0 Å². The van der Waals surface area contributed by atoms with E-state index >= 15 is 0 Å². The highest BCUT2D eigenvalue weighted by Gasteiger charge is 2.18. The van der Waals surface area contributed by atoms with E-state index < -0.39 is 0 Å². The van der Waals surface area contributed by atoms with Crippen LogP contribution in [0.5, 0.6) is 0 Å². The third kappa shape index (κ3) is 4.07. The monoisotopic (exact) mass is 308 g/mol. The highest BCUT2D eigenvalue weighted by Crippen LogP contribution is 2.15. The third-order valence-corrected chi connectivity index (χ3v) is 4.25. The first kappa shape index (κ1) is 15.0. The Kier molecular flexibility index (Phi) is 5.17. The molecule has 3 nitrogen and oxygen atoms in total. The number of benzene rings is 1. The molecule has 1 amide bonds. The second-order valence-corrected chi connectivity index (χ2v) is 6.14. The van der Waals surface area contributed by atoms with E-state index in [1.807, 2.05) is 30.3 Å². The Morgan fingerprint density at radius 2 is 2.05 bits per heavy atom. The molecule has 0 bridgehead atoms. The minimum Gasteiger partial charge on any atom is -0.325 e. The molecule has 1 heterocycles. The number of nitrogens with one attached hydrogen (secondary N) is 1. The van der Waals surface area contributed by atoms with E-state index in [9.17, 15) is 4.79 Å². The maximum atomic E-state index is 12.2. The lowest BCUT2D eigenvalue weighted by atomic mass is 10.2. The number of carbonyl (C=O) groups excluding carboxylic acids is 1. The molecule has 2 aromatic rings. The van der Waals surface area contributed by atoms with E-state index in [4.69, 9.17) is 11.6 Å². The third-order valence-electron chi connectivity index (χ3n) is 3.14. The standard InChI is InChI=1S/C15H17ClN2OS/c1-11(18(2)10-14-4-3-9-20-14)15(19)17-13-7-5-12(16)6-8-13/h3-9,11H,10H2,1-2H3,(H,17,19)/t11-/m0/s1. The minimum atomic E-state index is -0.201. The molecule has 0 aliphatic heterocycles. The van der Waals surface area contributed by atoms with Gasteiger partial charge in [0.15, 0.2) is 0 Å². The van der Waals surface area contributed by atoms with Crippen molar-refractivity contribution in [2.75, 3.05) is 12.4 Å². The number of thiophene rings is 1. The number of hydrogen-bond donors (Lipinski definition) is 1. The van der Waals surface area contributed by atoms with Crippen LogP contribution in [0, 0.1) is 0 Å². The lowest BCUT2D eigenvalue weighted by Crippen LogP contribution is -2.39. The molecule has 1 aromatic carbocycles. The first-order chi connectivity index (χ1) is 9.56. The molecule has 0 saturated carbocycles. The van der Waals surface area contributed by atoms with E-state index in [0.717, 1.165) is 12.2 Å². The zero-order valence-electron chi connectivity index (χ0n) is 11.5. The molecule has 2 rings (SSSR count). The van der Waals surface area contributed by atoms with Gasteiger partial charge in [0.1, 0.15) is 0 Å². The van der Waals surface area contributed by atoms with Crippen LogP contribution in [0.15, 0.2) is 41.8 Å². The van der Waals surface area contributed by atoms with Gasteiger partial charge in [0.2, 0.25) is 5.91 Å². The van der Waals surface area contributed by atoms with Crippen LogP contribution in [0.3, 0.4) is 0 Å². The zero-order valence-corrected chi connectivity index (χ0v) is 13.0. The summed E-state index contributed by atoms with van der Waals surface area (Å²) < 4.78 is 0. The molecule has 0 radical (unpaired) electrons. The molecule has 0 aliphatic carbocycles. The molecule has 1 atom stereocenters. The molecule has 0 aliphatic rings. The highest BCUT2D eigenvalue weighted by molar-refractivity contribution is 7.09. The minimum absolute atomic E-state index is 0.0219. The van der Waals surface area contributed by atoms with Crippen molar-refractivity contribution in [2.24, 2.45) is 0 Å². The predicted octanol–water partition coefficient (Wildman–Crippen LogP) is 3.86. The van der Waals surface area contributed by atoms with Gasteiger partial charge in [-0.1, -0.05) is 17.7 Å². The van der Waals surface area contributed by atoms with Crippen LogP contribution in [-0.2, 0) is 11.3 Å². The van der Waals surface area contributed by atoms with Crippen molar-refractivity contribution in [1.29, 1.82) is 0 Å². The normalized spacial score (nSPS) is 12.4. The number of amides is 1. The number of anilines is 1. The second-order valence-electron chi connectivity index (χ2n) is 4.67. The Hall–Kier alpha value is -1.36. The van der Waals surface area contributed by atoms with Gasteiger partial charge in [0.25, 0.3) is 0 Å². The number of halogens is 1. The van der Waals surface area contributed by atoms with Crippen LogP contribution in [0.25, 0.3) is 0 Å². The number of carbonyl (C=O) groups is 1. The lowest BCUT2D eigenvalue weighted by Gasteiger charge is -2.23. The van der Waals surface area contributed by atoms with Crippen LogP contribution in [-0.4, -0.2) is 23.9 Å². The lowest BCUT2D eigenvalue weighted by molar-refractivity contribution is -0.120. The van der Waals surface area contributed by atoms with Gasteiger partial charge in [-0.15, -0.1) is 11.3 Å². The smallest absolute Gasteiger partial charge is 0.241 e. The highest BCUT2D eigenvalue weighted by atomic mass is 35.5. The molecule has 5 heteroatoms. The van der Waals surface area contributed by atoms with Gasteiger partial charge < -0.3 is 5.32 Å². The Bertz CT molecular complexity index is 554. The van der Waals surface area contributed by atoms with Crippen LogP contribution in [0.4, 0.5) is 5.69 Å². The number of hydrogen-bond acceptors (Lipinski definition) is 3. The number of nitrogens with zero attached hydrogens (tertiary/aromatic N) is 1. The van der Waals surface area contributed by atoms with Gasteiger partial charge in [-0.05, 0) is 49.7 Å². The molecule has 0 spiro atoms. The van der Waals surface area contributed by atoms with Crippen molar-refractivity contribution in [3.05, 3.63) is 51.7 Å². The summed E-state index contributed by atoms with van der Waals surface area (Å²) in [4.78, 5) is 15.5. The van der Waals surface area contributed by atoms with E-state index in [-0.39, 0.29) is 11.9 Å². The zero-order chi connectivity index (χ0) is 14.5. The van der Waals surface area contributed by atoms with Gasteiger partial charge >= 0.3 is 0 Å². The average molecular weight is 309 g/mol. The van der Waals surface area contributed by atoms with Crippen molar-refractivity contribution in [2.45, 2.75) is 19.5 Å². The van der Waals surface area contributed by atoms with Crippen molar-refractivity contribution in [3.63, 3.8) is 0 Å². The summed E-state index contributed by atoms with van der Waals surface area (Å²) >= 11 is 7.52. The summed E-state index contributed by atoms with van der Waals surface area (Å²) in [6.07, 6.45) is 0. The van der Waals surface area contributed by atoms with Crippen LogP contribution < -0.4 is 5.32 Å².